The van der Waals surface area contributed by atoms with Gasteiger partial charge in [0.05, 0.1) is 5.69 Å². The van der Waals surface area contributed by atoms with E-state index in [0.717, 1.165) is 29.8 Å². The summed E-state index contributed by atoms with van der Waals surface area (Å²) >= 11 is 1.42. The maximum absolute atomic E-state index is 12.4. The molecule has 6 nitrogen and oxygen atoms in total. The van der Waals surface area contributed by atoms with Crippen molar-refractivity contribution >= 4 is 28.5 Å². The minimum absolute atomic E-state index is 0.0359. The van der Waals surface area contributed by atoms with Crippen molar-refractivity contribution < 1.29 is 14.7 Å². The molecule has 0 aromatic carbocycles. The summed E-state index contributed by atoms with van der Waals surface area (Å²) in [4.78, 5) is 30.6. The molecule has 1 aromatic heterocycles. The molecule has 0 aliphatic carbocycles. The van der Waals surface area contributed by atoms with Crippen molar-refractivity contribution in [3.63, 3.8) is 0 Å². The Hall–Kier alpha value is -1.63. The van der Waals surface area contributed by atoms with Crippen molar-refractivity contribution in [1.82, 2.24) is 9.88 Å². The van der Waals surface area contributed by atoms with Crippen LogP contribution in [0.4, 0.5) is 9.93 Å². The van der Waals surface area contributed by atoms with E-state index in [-0.39, 0.29) is 11.9 Å². The number of hydrogen-bond acceptors (Lipinski definition) is 4. The van der Waals surface area contributed by atoms with E-state index in [1.165, 1.54) is 16.2 Å². The number of carbonyl (C=O) groups is 2. The number of piperidine rings is 1. The molecule has 1 saturated heterocycles. The van der Waals surface area contributed by atoms with Crippen molar-refractivity contribution in [2.45, 2.75) is 46.1 Å². The molecule has 2 atom stereocenters. The Morgan fingerprint density at radius 3 is 2.81 bits per heavy atom. The fraction of sp³-hybridized carbons (Fsp3) is 0.643. The summed E-state index contributed by atoms with van der Waals surface area (Å²) in [6.45, 7) is 6.33. The van der Waals surface area contributed by atoms with Crippen LogP contribution in [0, 0.1) is 12.8 Å². The lowest BCUT2D eigenvalue weighted by atomic mass is 9.91. The molecular formula is C14H21N3O3S. The van der Waals surface area contributed by atoms with E-state index in [1.807, 2.05) is 20.8 Å². The first-order valence-corrected chi connectivity index (χ1v) is 8.02. The zero-order chi connectivity index (χ0) is 15.6. The van der Waals surface area contributed by atoms with Crippen LogP contribution >= 0.6 is 11.3 Å². The normalized spacial score (nSPS) is 22.1. The fourth-order valence-electron chi connectivity index (χ4n) is 2.77. The highest BCUT2D eigenvalue weighted by atomic mass is 32.1. The number of aliphatic carboxylic acids is 1. The van der Waals surface area contributed by atoms with Gasteiger partial charge >= 0.3 is 12.0 Å². The summed E-state index contributed by atoms with van der Waals surface area (Å²) in [6.07, 6.45) is 2.48. The van der Waals surface area contributed by atoms with Gasteiger partial charge in [0.15, 0.2) is 5.13 Å². The summed E-state index contributed by atoms with van der Waals surface area (Å²) in [7, 11) is 0. The molecule has 1 aromatic rings. The van der Waals surface area contributed by atoms with Gasteiger partial charge in [-0.1, -0.05) is 13.8 Å². The molecule has 1 aliphatic rings. The summed E-state index contributed by atoms with van der Waals surface area (Å²) in [6, 6.07) is -1.13. The van der Waals surface area contributed by atoms with Gasteiger partial charge < -0.3 is 10.0 Å². The number of carboxylic acid groups (broad SMARTS) is 1. The highest BCUT2D eigenvalue weighted by molar-refractivity contribution is 7.15. The molecule has 0 saturated carbocycles. The van der Waals surface area contributed by atoms with Gasteiger partial charge in [0.2, 0.25) is 0 Å². The minimum Gasteiger partial charge on any atom is -0.480 e. The Kier molecular flexibility index (Phi) is 4.82. The smallest absolute Gasteiger partial charge is 0.326 e. The average Bonchev–Trinajstić information content (AvgIpc) is 2.77. The van der Waals surface area contributed by atoms with Gasteiger partial charge in [-0.15, -0.1) is 11.3 Å². The van der Waals surface area contributed by atoms with E-state index < -0.39 is 12.0 Å². The Bertz CT molecular complexity index is 544. The van der Waals surface area contributed by atoms with Gasteiger partial charge in [0.25, 0.3) is 0 Å². The molecular weight excluding hydrogens is 290 g/mol. The van der Waals surface area contributed by atoms with Crippen molar-refractivity contribution in [3.8, 4) is 0 Å². The molecule has 2 heterocycles. The minimum atomic E-state index is -0.943. The first-order valence-electron chi connectivity index (χ1n) is 7.20. The number of urea groups is 1. The predicted octanol–water partition coefficient (Wildman–Crippen LogP) is 2.73. The van der Waals surface area contributed by atoms with E-state index in [2.05, 4.69) is 10.3 Å². The number of amides is 2. The van der Waals surface area contributed by atoms with E-state index in [4.69, 9.17) is 0 Å². The second kappa shape index (κ2) is 6.43. The number of nitrogens with zero attached hydrogens (tertiary/aromatic N) is 2. The van der Waals surface area contributed by atoms with Crippen LogP contribution in [0.1, 0.15) is 37.3 Å². The molecule has 2 amide bonds. The van der Waals surface area contributed by atoms with E-state index in [0.29, 0.717) is 11.7 Å². The van der Waals surface area contributed by atoms with E-state index in [9.17, 15) is 14.7 Å². The molecule has 21 heavy (non-hydrogen) atoms. The standard InChI is InChI=1S/C14H21N3O3S/c1-4-10-9(3)21-13(15-10)16-14(20)17-7-5-6-8(2)11(17)12(18)19/h8,11H,4-7H2,1-3H3,(H,18,19)(H,15,16,20). The number of likely N-dealkylation sites (tertiary alicyclic amines) is 1. The van der Waals surface area contributed by atoms with Gasteiger partial charge in [0.1, 0.15) is 6.04 Å². The second-order valence-corrected chi connectivity index (χ2v) is 6.60. The number of anilines is 1. The van der Waals surface area contributed by atoms with Crippen LogP contribution in [0.5, 0.6) is 0 Å². The molecule has 1 aliphatic heterocycles. The van der Waals surface area contributed by atoms with Crippen molar-refractivity contribution in [2.24, 2.45) is 5.92 Å². The topological polar surface area (TPSA) is 82.5 Å². The molecule has 7 heteroatoms. The number of hydrogen-bond donors (Lipinski definition) is 2. The Morgan fingerprint density at radius 1 is 1.52 bits per heavy atom. The molecule has 2 rings (SSSR count). The van der Waals surface area contributed by atoms with Crippen molar-refractivity contribution in [3.05, 3.63) is 10.6 Å². The predicted molar refractivity (Wildman–Crippen MR) is 81.8 cm³/mol. The number of carboxylic acids is 1. The van der Waals surface area contributed by atoms with Gasteiger partial charge in [-0.05, 0) is 32.1 Å². The van der Waals surface area contributed by atoms with Crippen LogP contribution in [0.15, 0.2) is 0 Å². The summed E-state index contributed by atoms with van der Waals surface area (Å²) in [5, 5.41) is 12.6. The van der Waals surface area contributed by atoms with Gasteiger partial charge in [-0.3, -0.25) is 5.32 Å². The van der Waals surface area contributed by atoms with Crippen LogP contribution < -0.4 is 5.32 Å². The molecule has 116 valence electrons. The number of rotatable bonds is 3. The summed E-state index contributed by atoms with van der Waals surface area (Å²) in [5.41, 5.74) is 0.970. The first-order chi connectivity index (χ1) is 9.93. The Balaban J connectivity index is 2.12. The van der Waals surface area contributed by atoms with Crippen LogP contribution in [0.3, 0.4) is 0 Å². The average molecular weight is 311 g/mol. The number of thiazole rings is 1. The Morgan fingerprint density at radius 2 is 2.24 bits per heavy atom. The van der Waals surface area contributed by atoms with Gasteiger partial charge in [-0.2, -0.15) is 0 Å². The lowest BCUT2D eigenvalue weighted by Gasteiger charge is -2.36. The number of aryl methyl sites for hydroxylation is 2. The van der Waals surface area contributed by atoms with Crippen molar-refractivity contribution in [2.75, 3.05) is 11.9 Å². The zero-order valence-corrected chi connectivity index (χ0v) is 13.4. The third-order valence-corrected chi connectivity index (χ3v) is 4.82. The lowest BCUT2D eigenvalue weighted by molar-refractivity contribution is -0.145. The highest BCUT2D eigenvalue weighted by Gasteiger charge is 2.37. The van der Waals surface area contributed by atoms with Crippen LogP contribution in [-0.4, -0.2) is 39.6 Å². The molecule has 2 unspecified atom stereocenters. The Labute approximate surface area is 128 Å². The lowest BCUT2D eigenvalue weighted by Crippen LogP contribution is -2.53. The van der Waals surface area contributed by atoms with Gasteiger partial charge in [-0.25, -0.2) is 14.6 Å². The van der Waals surface area contributed by atoms with Crippen LogP contribution in [-0.2, 0) is 11.2 Å². The molecule has 0 radical (unpaired) electrons. The number of carbonyl (C=O) groups excluding carboxylic acids is 1. The summed E-state index contributed by atoms with van der Waals surface area (Å²) in [5.74, 6) is -0.979. The van der Waals surface area contributed by atoms with Gasteiger partial charge in [0, 0.05) is 11.4 Å². The SMILES string of the molecule is CCc1nc(NC(=O)N2CCCC(C)C2C(=O)O)sc1C. The molecule has 0 spiro atoms. The summed E-state index contributed by atoms with van der Waals surface area (Å²) < 4.78 is 0. The highest BCUT2D eigenvalue weighted by Crippen LogP contribution is 2.26. The first kappa shape index (κ1) is 15.8. The molecule has 1 fully saturated rings. The molecule has 2 N–H and O–H groups in total. The van der Waals surface area contributed by atoms with Crippen molar-refractivity contribution in [1.29, 1.82) is 0 Å². The third kappa shape index (κ3) is 3.34. The molecule has 0 bridgehead atoms. The zero-order valence-electron chi connectivity index (χ0n) is 12.5. The quantitative estimate of drug-likeness (QED) is 0.899. The monoisotopic (exact) mass is 311 g/mol. The van der Waals surface area contributed by atoms with E-state index in [1.54, 1.807) is 0 Å². The maximum atomic E-state index is 12.4. The fourth-order valence-corrected chi connectivity index (χ4v) is 3.66. The second-order valence-electron chi connectivity index (χ2n) is 5.40. The number of aromatic nitrogens is 1. The number of nitrogens with one attached hydrogen (secondary N) is 1. The largest absolute Gasteiger partial charge is 0.480 e. The third-order valence-electron chi connectivity index (χ3n) is 3.89. The van der Waals surface area contributed by atoms with Crippen LogP contribution in [0.25, 0.3) is 0 Å². The van der Waals surface area contributed by atoms with Crippen LogP contribution in [0.2, 0.25) is 0 Å². The van der Waals surface area contributed by atoms with E-state index >= 15 is 0 Å². The maximum Gasteiger partial charge on any atom is 0.326 e.